The smallest absolute Gasteiger partial charge is 0.194 e. The third kappa shape index (κ3) is 2.12. The number of carbonyl (C=O) groups is 1. The molecule has 0 aliphatic rings. The van der Waals surface area contributed by atoms with E-state index < -0.39 is 0 Å². The molecule has 2 heterocycles. The van der Waals surface area contributed by atoms with Crippen LogP contribution in [0.3, 0.4) is 0 Å². The lowest BCUT2D eigenvalue weighted by Gasteiger charge is -1.97. The molecule has 0 saturated heterocycles. The second-order valence-electron chi connectivity index (χ2n) is 3.10. The van der Waals surface area contributed by atoms with Crippen LogP contribution < -0.4 is 0 Å². The van der Waals surface area contributed by atoms with Gasteiger partial charge in [0.15, 0.2) is 21.8 Å². The Balaban J connectivity index is 2.18. The first-order chi connectivity index (χ1) is 7.16. The third-order valence-electron chi connectivity index (χ3n) is 1.90. The van der Waals surface area contributed by atoms with E-state index in [0.717, 1.165) is 5.16 Å². The van der Waals surface area contributed by atoms with Gasteiger partial charge < -0.3 is 8.98 Å². The maximum absolute atomic E-state index is 11.0. The Morgan fingerprint density at radius 1 is 1.53 bits per heavy atom. The van der Waals surface area contributed by atoms with E-state index in [1.165, 1.54) is 18.7 Å². The van der Waals surface area contributed by atoms with Crippen molar-refractivity contribution in [3.63, 3.8) is 0 Å². The quantitative estimate of drug-likeness (QED) is 0.748. The van der Waals surface area contributed by atoms with Crippen molar-refractivity contribution in [1.29, 1.82) is 0 Å². The molecule has 0 saturated carbocycles. The van der Waals surface area contributed by atoms with Crippen LogP contribution in [0.1, 0.15) is 17.5 Å². The van der Waals surface area contributed by atoms with E-state index in [1.807, 2.05) is 17.8 Å². The Labute approximate surface area is 91.3 Å². The Kier molecular flexibility index (Phi) is 2.64. The van der Waals surface area contributed by atoms with E-state index in [9.17, 15) is 4.79 Å². The van der Waals surface area contributed by atoms with E-state index in [4.69, 9.17) is 4.42 Å². The Bertz CT molecular complexity index is 487. The van der Waals surface area contributed by atoms with Crippen molar-refractivity contribution in [1.82, 2.24) is 9.55 Å². The van der Waals surface area contributed by atoms with Gasteiger partial charge in [-0.05, 0) is 23.9 Å². The van der Waals surface area contributed by atoms with Crippen LogP contribution in [0.25, 0.3) is 0 Å². The molecule has 78 valence electrons. The molecule has 0 amide bonds. The summed E-state index contributed by atoms with van der Waals surface area (Å²) in [4.78, 5) is 15.2. The zero-order chi connectivity index (χ0) is 10.8. The molecule has 0 N–H and O–H groups in total. The minimum atomic E-state index is -0.0679. The molecule has 0 aliphatic heterocycles. The normalized spacial score (nSPS) is 10.5. The van der Waals surface area contributed by atoms with Crippen LogP contribution in [0.4, 0.5) is 0 Å². The molecule has 2 aromatic rings. The van der Waals surface area contributed by atoms with Crippen molar-refractivity contribution in [3.8, 4) is 0 Å². The van der Waals surface area contributed by atoms with Gasteiger partial charge in [-0.15, -0.1) is 0 Å². The van der Waals surface area contributed by atoms with E-state index >= 15 is 0 Å². The monoisotopic (exact) mass is 222 g/mol. The molecule has 0 aromatic carbocycles. The number of ketones is 1. The number of aryl methyl sites for hydroxylation is 1. The van der Waals surface area contributed by atoms with Crippen LogP contribution >= 0.6 is 11.8 Å². The van der Waals surface area contributed by atoms with Crippen LogP contribution in [-0.4, -0.2) is 15.3 Å². The molecule has 2 aromatic heterocycles. The number of furan rings is 1. The molecular weight excluding hydrogens is 212 g/mol. The highest BCUT2D eigenvalue weighted by Crippen LogP contribution is 2.27. The molecule has 0 spiro atoms. The predicted octanol–water partition coefficient (Wildman–Crippen LogP) is 2.37. The summed E-state index contributed by atoms with van der Waals surface area (Å²) in [6.07, 6.45) is 3.58. The third-order valence-corrected chi connectivity index (χ3v) is 2.89. The average molecular weight is 222 g/mol. The molecule has 15 heavy (non-hydrogen) atoms. The molecule has 4 nitrogen and oxygen atoms in total. The maximum atomic E-state index is 11.0. The van der Waals surface area contributed by atoms with Gasteiger partial charge in [0, 0.05) is 26.4 Å². The molecule has 0 radical (unpaired) electrons. The average Bonchev–Trinajstić information content (AvgIpc) is 2.77. The molecule has 2 rings (SSSR count). The van der Waals surface area contributed by atoms with Crippen molar-refractivity contribution in [2.24, 2.45) is 7.05 Å². The highest BCUT2D eigenvalue weighted by Gasteiger charge is 2.09. The van der Waals surface area contributed by atoms with Gasteiger partial charge in [-0.3, -0.25) is 4.79 Å². The Morgan fingerprint density at radius 2 is 2.33 bits per heavy atom. The first-order valence-corrected chi connectivity index (χ1v) is 5.24. The van der Waals surface area contributed by atoms with Crippen LogP contribution in [0.5, 0.6) is 0 Å². The lowest BCUT2D eigenvalue weighted by Crippen LogP contribution is -1.88. The molecule has 0 bridgehead atoms. The number of hydrogen-bond acceptors (Lipinski definition) is 4. The second-order valence-corrected chi connectivity index (χ2v) is 4.07. The number of rotatable bonds is 3. The van der Waals surface area contributed by atoms with E-state index in [0.29, 0.717) is 10.9 Å². The van der Waals surface area contributed by atoms with Crippen molar-refractivity contribution in [3.05, 3.63) is 30.3 Å². The summed E-state index contributed by atoms with van der Waals surface area (Å²) in [6.45, 7) is 1.48. The number of aromatic nitrogens is 2. The lowest BCUT2D eigenvalue weighted by atomic mass is 10.3. The van der Waals surface area contributed by atoms with Gasteiger partial charge in [0.1, 0.15) is 0 Å². The number of hydrogen-bond donors (Lipinski definition) is 0. The number of nitrogens with zero attached hydrogens (tertiary/aromatic N) is 2. The minimum Gasteiger partial charge on any atom is -0.446 e. The summed E-state index contributed by atoms with van der Waals surface area (Å²) in [5.41, 5.74) is 0. The largest absolute Gasteiger partial charge is 0.446 e. The Morgan fingerprint density at radius 3 is 2.87 bits per heavy atom. The topological polar surface area (TPSA) is 48.0 Å². The van der Waals surface area contributed by atoms with Gasteiger partial charge in [-0.2, -0.15) is 0 Å². The summed E-state index contributed by atoms with van der Waals surface area (Å²) >= 11 is 1.39. The summed E-state index contributed by atoms with van der Waals surface area (Å²) in [6, 6.07) is 3.45. The summed E-state index contributed by atoms with van der Waals surface area (Å²) < 4.78 is 7.22. The fourth-order valence-corrected chi connectivity index (χ4v) is 1.87. The van der Waals surface area contributed by atoms with Crippen LogP contribution in [-0.2, 0) is 7.05 Å². The summed E-state index contributed by atoms with van der Waals surface area (Å²) in [5, 5.41) is 1.51. The zero-order valence-electron chi connectivity index (χ0n) is 8.43. The van der Waals surface area contributed by atoms with Gasteiger partial charge in [0.2, 0.25) is 0 Å². The number of carbonyl (C=O) groups excluding carboxylic acids is 1. The van der Waals surface area contributed by atoms with Gasteiger partial charge in [-0.25, -0.2) is 4.98 Å². The van der Waals surface area contributed by atoms with Gasteiger partial charge in [0.25, 0.3) is 0 Å². The minimum absolute atomic E-state index is 0.0679. The fourth-order valence-electron chi connectivity index (χ4n) is 1.10. The van der Waals surface area contributed by atoms with Crippen molar-refractivity contribution < 1.29 is 9.21 Å². The standard InChI is InChI=1S/C10H10N2O2S/c1-7(13)8-3-4-9(14-8)15-10-11-5-6-12(10)2/h3-6H,1-2H3. The van der Waals surface area contributed by atoms with Crippen molar-refractivity contribution in [2.45, 2.75) is 17.2 Å². The fraction of sp³-hybridized carbons (Fsp3) is 0.200. The predicted molar refractivity (Wildman–Crippen MR) is 56.0 cm³/mol. The molecule has 0 fully saturated rings. The molecule has 0 atom stereocenters. The van der Waals surface area contributed by atoms with Crippen LogP contribution in [0.15, 0.2) is 39.2 Å². The molecule has 0 aliphatic carbocycles. The van der Waals surface area contributed by atoms with E-state index in [-0.39, 0.29) is 5.78 Å². The number of Topliss-reactive ketones (excluding diaryl/α,β-unsaturated/α-hetero) is 1. The highest BCUT2D eigenvalue weighted by molar-refractivity contribution is 7.99. The first kappa shape index (κ1) is 10.0. The molecule has 5 heteroatoms. The van der Waals surface area contributed by atoms with Gasteiger partial charge >= 0.3 is 0 Å². The lowest BCUT2D eigenvalue weighted by molar-refractivity contribution is 0.0982. The van der Waals surface area contributed by atoms with Crippen LogP contribution in [0, 0.1) is 0 Å². The van der Waals surface area contributed by atoms with E-state index in [2.05, 4.69) is 4.98 Å². The van der Waals surface area contributed by atoms with Crippen LogP contribution in [0.2, 0.25) is 0 Å². The summed E-state index contributed by atoms with van der Waals surface area (Å²) in [7, 11) is 1.91. The van der Waals surface area contributed by atoms with Crippen molar-refractivity contribution in [2.75, 3.05) is 0 Å². The first-order valence-electron chi connectivity index (χ1n) is 4.43. The highest BCUT2D eigenvalue weighted by atomic mass is 32.2. The Hall–Kier alpha value is -1.49. The number of imidazole rings is 1. The zero-order valence-corrected chi connectivity index (χ0v) is 9.25. The van der Waals surface area contributed by atoms with Crippen molar-refractivity contribution >= 4 is 17.5 Å². The SMILES string of the molecule is CC(=O)c1ccc(Sc2nccn2C)o1. The van der Waals surface area contributed by atoms with Gasteiger partial charge in [-0.1, -0.05) is 0 Å². The summed E-state index contributed by atoms with van der Waals surface area (Å²) in [5.74, 6) is 0.313. The molecule has 0 unspecified atom stereocenters. The second kappa shape index (κ2) is 3.94. The maximum Gasteiger partial charge on any atom is 0.194 e. The van der Waals surface area contributed by atoms with Gasteiger partial charge in [0.05, 0.1) is 0 Å². The molecular formula is C10H10N2O2S. The van der Waals surface area contributed by atoms with E-state index in [1.54, 1.807) is 18.3 Å².